The van der Waals surface area contributed by atoms with E-state index in [2.05, 4.69) is 16.0 Å². The number of benzene rings is 1. The van der Waals surface area contributed by atoms with Crippen molar-refractivity contribution in [2.75, 3.05) is 25.0 Å². The molecule has 1 aliphatic rings. The number of nitrogens with one attached hydrogen (secondary N) is 3. The van der Waals surface area contributed by atoms with E-state index in [1.807, 2.05) is 19.1 Å². The van der Waals surface area contributed by atoms with Crippen LogP contribution in [0, 0.1) is 6.92 Å². The summed E-state index contributed by atoms with van der Waals surface area (Å²) in [5.41, 5.74) is 1.17. The van der Waals surface area contributed by atoms with Crippen LogP contribution >= 0.6 is 0 Å². The number of carbonyl (C=O) groups excluding carboxylic acids is 2. The first-order valence-corrected chi connectivity index (χ1v) is 9.20. The minimum atomic E-state index is -0.297. The molecule has 144 valence electrons. The molecule has 3 N–H and O–H groups in total. The summed E-state index contributed by atoms with van der Waals surface area (Å²) in [5, 5.41) is 8.39. The molecule has 0 spiro atoms. The highest BCUT2D eigenvalue weighted by atomic mass is 16.5. The topological polar surface area (TPSA) is 92.6 Å². The fraction of sp³-hybridized carbons (Fsp3) is 0.400. The summed E-state index contributed by atoms with van der Waals surface area (Å²) < 4.78 is 10.9. The number of rotatable bonds is 7. The van der Waals surface area contributed by atoms with Gasteiger partial charge in [-0.05, 0) is 56.2 Å². The maximum atomic E-state index is 12.1. The quantitative estimate of drug-likeness (QED) is 0.698. The Morgan fingerprint density at radius 3 is 2.59 bits per heavy atom. The first-order chi connectivity index (χ1) is 13.1. The van der Waals surface area contributed by atoms with Crippen LogP contribution in [0.4, 0.5) is 10.5 Å². The summed E-state index contributed by atoms with van der Waals surface area (Å²) in [7, 11) is 0. The molecule has 27 heavy (non-hydrogen) atoms. The monoisotopic (exact) mass is 371 g/mol. The number of urea groups is 1. The van der Waals surface area contributed by atoms with Gasteiger partial charge in [-0.1, -0.05) is 0 Å². The van der Waals surface area contributed by atoms with Crippen molar-refractivity contribution in [2.45, 2.75) is 32.3 Å². The van der Waals surface area contributed by atoms with Gasteiger partial charge in [0.05, 0.1) is 6.10 Å². The van der Waals surface area contributed by atoms with Crippen LogP contribution in [0.1, 0.15) is 34.7 Å². The molecule has 2 aromatic rings. The molecule has 1 aromatic heterocycles. The Bertz CT molecular complexity index is 764. The van der Waals surface area contributed by atoms with Crippen LogP contribution in [0.2, 0.25) is 0 Å². The van der Waals surface area contributed by atoms with Gasteiger partial charge in [0.15, 0.2) is 0 Å². The van der Waals surface area contributed by atoms with Gasteiger partial charge in [-0.15, -0.1) is 0 Å². The molecule has 0 radical (unpaired) electrons. The van der Waals surface area contributed by atoms with Crippen molar-refractivity contribution in [2.24, 2.45) is 0 Å². The molecule has 3 amide bonds. The minimum absolute atomic E-state index is 0.115. The van der Waals surface area contributed by atoms with Crippen molar-refractivity contribution in [3.63, 3.8) is 0 Å². The van der Waals surface area contributed by atoms with Gasteiger partial charge in [0.25, 0.3) is 5.91 Å². The van der Waals surface area contributed by atoms with Crippen LogP contribution < -0.4 is 16.0 Å². The molecule has 1 aromatic carbocycles. The van der Waals surface area contributed by atoms with E-state index in [0.717, 1.165) is 31.0 Å². The Labute approximate surface area is 158 Å². The Balaban J connectivity index is 1.39. The molecule has 1 unspecified atom stereocenters. The second-order valence-corrected chi connectivity index (χ2v) is 6.57. The van der Waals surface area contributed by atoms with Gasteiger partial charge in [0.2, 0.25) is 0 Å². The van der Waals surface area contributed by atoms with Crippen LogP contribution in [0.25, 0.3) is 0 Å². The van der Waals surface area contributed by atoms with E-state index in [4.69, 9.17) is 9.15 Å². The predicted octanol–water partition coefficient (Wildman–Crippen LogP) is 2.86. The summed E-state index contributed by atoms with van der Waals surface area (Å²) in [4.78, 5) is 24.1. The van der Waals surface area contributed by atoms with Gasteiger partial charge in [-0.3, -0.25) is 4.79 Å². The molecule has 2 heterocycles. The zero-order valence-corrected chi connectivity index (χ0v) is 15.4. The maximum Gasteiger partial charge on any atom is 0.319 e. The highest BCUT2D eigenvalue weighted by Crippen LogP contribution is 2.12. The summed E-state index contributed by atoms with van der Waals surface area (Å²) in [5.74, 6) is 1.55. The fourth-order valence-corrected chi connectivity index (χ4v) is 2.91. The molecule has 0 aliphatic carbocycles. The standard InChI is InChI=1S/C20H25N3O4/c1-14-4-9-17(27-14)10-11-21-20(25)23-16-7-5-15(6-8-16)19(24)22-13-18-3-2-12-26-18/h4-9,18H,2-3,10-13H2,1H3,(H,22,24)(H2,21,23,25). The van der Waals surface area contributed by atoms with Gasteiger partial charge in [0.1, 0.15) is 11.5 Å². The smallest absolute Gasteiger partial charge is 0.319 e. The van der Waals surface area contributed by atoms with E-state index in [1.165, 1.54) is 0 Å². The average Bonchev–Trinajstić information content (AvgIpc) is 3.32. The van der Waals surface area contributed by atoms with E-state index in [9.17, 15) is 9.59 Å². The Hall–Kier alpha value is -2.80. The molecule has 1 atom stereocenters. The van der Waals surface area contributed by atoms with Gasteiger partial charge in [-0.25, -0.2) is 4.79 Å². The lowest BCUT2D eigenvalue weighted by atomic mass is 10.2. The van der Waals surface area contributed by atoms with E-state index in [-0.39, 0.29) is 18.0 Å². The molecular weight excluding hydrogens is 346 g/mol. The summed E-state index contributed by atoms with van der Waals surface area (Å²) in [6, 6.07) is 10.3. The average molecular weight is 371 g/mol. The SMILES string of the molecule is Cc1ccc(CCNC(=O)Nc2ccc(C(=O)NCC3CCCO3)cc2)o1. The van der Waals surface area contributed by atoms with Crippen LogP contribution in [0.3, 0.4) is 0 Å². The van der Waals surface area contributed by atoms with E-state index >= 15 is 0 Å². The van der Waals surface area contributed by atoms with Crippen molar-refractivity contribution in [1.82, 2.24) is 10.6 Å². The number of aryl methyl sites for hydroxylation is 1. The molecule has 7 heteroatoms. The Morgan fingerprint density at radius 1 is 1.11 bits per heavy atom. The molecular formula is C20H25N3O4. The van der Waals surface area contributed by atoms with Crippen molar-refractivity contribution >= 4 is 17.6 Å². The summed E-state index contributed by atoms with van der Waals surface area (Å²) in [6.07, 6.45) is 2.77. The number of hydrogen-bond donors (Lipinski definition) is 3. The van der Waals surface area contributed by atoms with Gasteiger partial charge >= 0.3 is 6.03 Å². The lowest BCUT2D eigenvalue weighted by molar-refractivity contribution is 0.0858. The third kappa shape index (κ3) is 5.86. The number of anilines is 1. The van der Waals surface area contributed by atoms with Gasteiger partial charge < -0.3 is 25.1 Å². The van der Waals surface area contributed by atoms with Crippen molar-refractivity contribution < 1.29 is 18.7 Å². The van der Waals surface area contributed by atoms with Crippen molar-refractivity contribution in [3.8, 4) is 0 Å². The zero-order chi connectivity index (χ0) is 19.1. The fourth-order valence-electron chi connectivity index (χ4n) is 2.91. The third-order valence-corrected chi connectivity index (χ3v) is 4.37. The van der Waals surface area contributed by atoms with Gasteiger partial charge in [0, 0.05) is 37.4 Å². The van der Waals surface area contributed by atoms with E-state index < -0.39 is 0 Å². The predicted molar refractivity (Wildman–Crippen MR) is 102 cm³/mol. The number of ether oxygens (including phenoxy) is 1. The third-order valence-electron chi connectivity index (χ3n) is 4.37. The molecule has 1 fully saturated rings. The number of amides is 3. The van der Waals surface area contributed by atoms with Crippen molar-refractivity contribution in [1.29, 1.82) is 0 Å². The number of carbonyl (C=O) groups is 2. The Morgan fingerprint density at radius 2 is 1.93 bits per heavy atom. The first-order valence-electron chi connectivity index (χ1n) is 9.20. The highest BCUT2D eigenvalue weighted by molar-refractivity contribution is 5.95. The maximum absolute atomic E-state index is 12.1. The first kappa shape index (κ1) is 19.0. The molecule has 1 aliphatic heterocycles. The zero-order valence-electron chi connectivity index (χ0n) is 15.4. The largest absolute Gasteiger partial charge is 0.466 e. The van der Waals surface area contributed by atoms with Crippen LogP contribution in [-0.2, 0) is 11.2 Å². The molecule has 3 rings (SSSR count). The summed E-state index contributed by atoms with van der Waals surface area (Å²) in [6.45, 7) is 3.65. The second-order valence-electron chi connectivity index (χ2n) is 6.57. The second kappa shape index (κ2) is 9.23. The molecule has 7 nitrogen and oxygen atoms in total. The highest BCUT2D eigenvalue weighted by Gasteiger charge is 2.16. The van der Waals surface area contributed by atoms with Crippen LogP contribution in [-0.4, -0.2) is 37.7 Å². The molecule has 0 saturated carbocycles. The normalized spacial score (nSPS) is 16.1. The number of hydrogen-bond acceptors (Lipinski definition) is 4. The molecule has 1 saturated heterocycles. The molecule has 0 bridgehead atoms. The summed E-state index contributed by atoms with van der Waals surface area (Å²) >= 11 is 0. The number of furan rings is 1. The minimum Gasteiger partial charge on any atom is -0.466 e. The van der Waals surface area contributed by atoms with Crippen LogP contribution in [0.15, 0.2) is 40.8 Å². The van der Waals surface area contributed by atoms with Crippen LogP contribution in [0.5, 0.6) is 0 Å². The van der Waals surface area contributed by atoms with E-state index in [1.54, 1.807) is 24.3 Å². The Kier molecular flexibility index (Phi) is 6.49. The van der Waals surface area contributed by atoms with E-state index in [0.29, 0.717) is 30.8 Å². The lowest BCUT2D eigenvalue weighted by Gasteiger charge is -2.11. The van der Waals surface area contributed by atoms with Gasteiger partial charge in [-0.2, -0.15) is 0 Å². The van der Waals surface area contributed by atoms with Crippen molar-refractivity contribution in [3.05, 3.63) is 53.5 Å². The lowest BCUT2D eigenvalue weighted by Crippen LogP contribution is -2.32.